The predicted octanol–water partition coefficient (Wildman–Crippen LogP) is 4.33. The fourth-order valence-electron chi connectivity index (χ4n) is 3.79. The Labute approximate surface area is 177 Å². The van der Waals surface area contributed by atoms with Crippen LogP contribution in [0.3, 0.4) is 0 Å². The van der Waals surface area contributed by atoms with Gasteiger partial charge in [-0.15, -0.1) is 0 Å². The third kappa shape index (κ3) is 3.87. The molecule has 2 heterocycles. The number of carbonyl (C=O) groups excluding carboxylic acids is 2. The number of fused-ring (bicyclic) bond motifs is 1. The Morgan fingerprint density at radius 2 is 2.03 bits per heavy atom. The van der Waals surface area contributed by atoms with Gasteiger partial charge in [0, 0.05) is 24.7 Å². The maximum atomic E-state index is 13.7. The highest BCUT2D eigenvalue weighted by Gasteiger charge is 2.40. The number of nitrogens with one attached hydrogen (secondary N) is 1. The van der Waals surface area contributed by atoms with Gasteiger partial charge in [-0.05, 0) is 38.0 Å². The Bertz CT molecular complexity index is 1100. The molecule has 2 aromatic carbocycles. The molecule has 1 saturated heterocycles. The SMILES string of the molecule is COc1cc(F)cc2sc(NC(=O)C3(C)CCCN(C(=O)c4ccccc4)C3)nc12. The monoisotopic (exact) mass is 427 g/mol. The lowest BCUT2D eigenvalue weighted by Crippen LogP contribution is -2.50. The van der Waals surface area contributed by atoms with Crippen molar-refractivity contribution in [2.45, 2.75) is 19.8 Å². The van der Waals surface area contributed by atoms with E-state index in [1.165, 1.54) is 30.6 Å². The number of likely N-dealkylation sites (tertiary alicyclic amines) is 1. The summed E-state index contributed by atoms with van der Waals surface area (Å²) in [6.45, 7) is 2.81. The van der Waals surface area contributed by atoms with E-state index in [0.717, 1.165) is 6.42 Å². The Kier molecular flexibility index (Phi) is 5.42. The highest BCUT2D eigenvalue weighted by Crippen LogP contribution is 2.36. The molecule has 1 unspecified atom stereocenters. The summed E-state index contributed by atoms with van der Waals surface area (Å²) in [5.74, 6) is -0.374. The van der Waals surface area contributed by atoms with Crippen molar-refractivity contribution in [3.63, 3.8) is 0 Å². The van der Waals surface area contributed by atoms with Crippen molar-refractivity contribution in [3.8, 4) is 5.75 Å². The second-order valence-corrected chi connectivity index (χ2v) is 8.72. The normalized spacial score (nSPS) is 19.0. The van der Waals surface area contributed by atoms with E-state index in [2.05, 4.69) is 10.3 Å². The maximum absolute atomic E-state index is 13.7. The first kappa shape index (κ1) is 20.3. The van der Waals surface area contributed by atoms with Crippen molar-refractivity contribution < 1.29 is 18.7 Å². The molecule has 0 saturated carbocycles. The number of hydrogen-bond donors (Lipinski definition) is 1. The molecular weight excluding hydrogens is 405 g/mol. The van der Waals surface area contributed by atoms with Gasteiger partial charge in [0.1, 0.15) is 17.1 Å². The van der Waals surface area contributed by atoms with Crippen LogP contribution in [-0.2, 0) is 4.79 Å². The van der Waals surface area contributed by atoms with Crippen LogP contribution in [0.4, 0.5) is 9.52 Å². The average Bonchev–Trinajstić information content (AvgIpc) is 3.15. The molecule has 1 aromatic heterocycles. The average molecular weight is 428 g/mol. The Balaban J connectivity index is 1.52. The van der Waals surface area contributed by atoms with Gasteiger partial charge < -0.3 is 15.0 Å². The number of benzene rings is 2. The molecule has 1 aliphatic rings. The van der Waals surface area contributed by atoms with Gasteiger partial charge in [-0.1, -0.05) is 29.5 Å². The van der Waals surface area contributed by atoms with Crippen LogP contribution in [0, 0.1) is 11.2 Å². The van der Waals surface area contributed by atoms with Crippen LogP contribution in [-0.4, -0.2) is 41.9 Å². The number of anilines is 1. The van der Waals surface area contributed by atoms with Crippen LogP contribution >= 0.6 is 11.3 Å². The number of amides is 2. The number of methoxy groups -OCH3 is 1. The third-order valence-electron chi connectivity index (χ3n) is 5.42. The number of piperidine rings is 1. The van der Waals surface area contributed by atoms with Crippen molar-refractivity contribution >= 4 is 38.5 Å². The fourth-order valence-corrected chi connectivity index (χ4v) is 4.69. The molecule has 1 fully saturated rings. The van der Waals surface area contributed by atoms with Crippen LogP contribution in [0.15, 0.2) is 42.5 Å². The van der Waals surface area contributed by atoms with Gasteiger partial charge in [-0.25, -0.2) is 9.37 Å². The molecule has 0 bridgehead atoms. The van der Waals surface area contributed by atoms with Crippen molar-refractivity contribution in [1.82, 2.24) is 9.88 Å². The van der Waals surface area contributed by atoms with E-state index in [1.807, 2.05) is 25.1 Å². The molecule has 156 valence electrons. The number of halogens is 1. The van der Waals surface area contributed by atoms with Gasteiger partial charge in [-0.2, -0.15) is 0 Å². The van der Waals surface area contributed by atoms with Crippen molar-refractivity contribution in [2.24, 2.45) is 5.41 Å². The highest BCUT2D eigenvalue weighted by molar-refractivity contribution is 7.22. The van der Waals surface area contributed by atoms with E-state index in [0.29, 0.717) is 46.2 Å². The highest BCUT2D eigenvalue weighted by atomic mass is 32.1. The summed E-state index contributed by atoms with van der Waals surface area (Å²) < 4.78 is 19.5. The second-order valence-electron chi connectivity index (χ2n) is 7.68. The molecule has 0 aliphatic carbocycles. The minimum absolute atomic E-state index is 0.0745. The standard InChI is InChI=1S/C22H22FN3O3S/c1-22(9-6-10-26(13-22)19(27)14-7-4-3-5-8-14)20(28)25-21-24-18-16(29-2)11-15(23)12-17(18)30-21/h3-5,7-8,11-12H,6,9-10,13H2,1-2H3,(H,24,25,28). The van der Waals surface area contributed by atoms with Gasteiger partial charge in [0.05, 0.1) is 17.2 Å². The largest absolute Gasteiger partial charge is 0.494 e. The van der Waals surface area contributed by atoms with Crippen molar-refractivity contribution in [3.05, 3.63) is 53.8 Å². The molecule has 6 nitrogen and oxygen atoms in total. The third-order valence-corrected chi connectivity index (χ3v) is 6.34. The lowest BCUT2D eigenvalue weighted by atomic mass is 9.80. The zero-order valence-electron chi connectivity index (χ0n) is 16.8. The van der Waals surface area contributed by atoms with E-state index in [9.17, 15) is 14.0 Å². The molecular formula is C22H22FN3O3S. The van der Waals surface area contributed by atoms with E-state index < -0.39 is 11.2 Å². The van der Waals surface area contributed by atoms with Gasteiger partial charge in [0.25, 0.3) is 5.91 Å². The summed E-state index contributed by atoms with van der Waals surface area (Å²) in [7, 11) is 1.45. The van der Waals surface area contributed by atoms with E-state index in [1.54, 1.807) is 17.0 Å². The number of carbonyl (C=O) groups is 2. The zero-order valence-corrected chi connectivity index (χ0v) is 17.6. The number of nitrogens with zero attached hydrogens (tertiary/aromatic N) is 2. The molecule has 8 heteroatoms. The summed E-state index contributed by atoms with van der Waals surface area (Å²) >= 11 is 1.19. The number of ether oxygens (including phenoxy) is 1. The van der Waals surface area contributed by atoms with Gasteiger partial charge in [-0.3, -0.25) is 9.59 Å². The van der Waals surface area contributed by atoms with E-state index in [4.69, 9.17) is 4.74 Å². The first-order valence-electron chi connectivity index (χ1n) is 9.69. The summed E-state index contributed by atoms with van der Waals surface area (Å²) in [6.07, 6.45) is 1.40. The predicted molar refractivity (Wildman–Crippen MR) is 114 cm³/mol. The molecule has 0 spiro atoms. The number of aromatic nitrogens is 1. The first-order chi connectivity index (χ1) is 14.4. The second kappa shape index (κ2) is 8.02. The molecule has 4 rings (SSSR count). The van der Waals surface area contributed by atoms with Crippen molar-refractivity contribution in [1.29, 1.82) is 0 Å². The van der Waals surface area contributed by atoms with Crippen molar-refractivity contribution in [2.75, 3.05) is 25.5 Å². The van der Waals surface area contributed by atoms with Crippen LogP contribution in [0.2, 0.25) is 0 Å². The zero-order chi connectivity index (χ0) is 21.3. The van der Waals surface area contributed by atoms with Crippen LogP contribution in [0.5, 0.6) is 5.75 Å². The summed E-state index contributed by atoms with van der Waals surface area (Å²) in [4.78, 5) is 32.1. The summed E-state index contributed by atoms with van der Waals surface area (Å²) in [5, 5.41) is 3.25. The Morgan fingerprint density at radius 3 is 2.77 bits per heavy atom. The number of thiazole rings is 1. The minimum atomic E-state index is -0.740. The topological polar surface area (TPSA) is 71.5 Å². The summed E-state index contributed by atoms with van der Waals surface area (Å²) in [6, 6.07) is 11.7. The van der Waals surface area contributed by atoms with Crippen LogP contribution in [0.25, 0.3) is 10.2 Å². The number of rotatable bonds is 4. The van der Waals surface area contributed by atoms with Crippen LogP contribution in [0.1, 0.15) is 30.1 Å². The molecule has 1 aliphatic heterocycles. The fraction of sp³-hybridized carbons (Fsp3) is 0.318. The van der Waals surface area contributed by atoms with E-state index >= 15 is 0 Å². The van der Waals surface area contributed by atoms with Crippen LogP contribution < -0.4 is 10.1 Å². The Hall–Kier alpha value is -3.00. The molecule has 0 radical (unpaired) electrons. The Morgan fingerprint density at radius 1 is 1.27 bits per heavy atom. The van der Waals surface area contributed by atoms with E-state index in [-0.39, 0.29) is 11.8 Å². The molecule has 2 amide bonds. The quantitative estimate of drug-likeness (QED) is 0.673. The van der Waals surface area contributed by atoms with Gasteiger partial charge in [0.2, 0.25) is 5.91 Å². The number of hydrogen-bond acceptors (Lipinski definition) is 5. The van der Waals surface area contributed by atoms with Gasteiger partial charge >= 0.3 is 0 Å². The molecule has 1 atom stereocenters. The van der Waals surface area contributed by atoms with Gasteiger partial charge in [0.15, 0.2) is 5.13 Å². The first-order valence-corrected chi connectivity index (χ1v) is 10.5. The lowest BCUT2D eigenvalue weighted by molar-refractivity contribution is -0.127. The maximum Gasteiger partial charge on any atom is 0.253 e. The minimum Gasteiger partial charge on any atom is -0.494 e. The molecule has 3 aromatic rings. The smallest absolute Gasteiger partial charge is 0.253 e. The lowest BCUT2D eigenvalue weighted by Gasteiger charge is -2.39. The molecule has 30 heavy (non-hydrogen) atoms. The summed E-state index contributed by atoms with van der Waals surface area (Å²) in [5.41, 5.74) is 0.381. The molecule has 1 N–H and O–H groups in total.